The molecule has 2 heteroatoms. The number of benzene rings is 1. The second-order valence-electron chi connectivity index (χ2n) is 6.44. The van der Waals surface area contributed by atoms with Crippen LogP contribution in [0.2, 0.25) is 0 Å². The van der Waals surface area contributed by atoms with E-state index >= 15 is 0 Å². The van der Waals surface area contributed by atoms with Crippen molar-refractivity contribution in [1.82, 2.24) is 9.88 Å². The summed E-state index contributed by atoms with van der Waals surface area (Å²) in [4.78, 5) is 7.38. The zero-order valence-electron chi connectivity index (χ0n) is 12.0. The summed E-state index contributed by atoms with van der Waals surface area (Å²) in [5.74, 6) is 1.67. The molecule has 0 bridgehead atoms. The highest BCUT2D eigenvalue weighted by Gasteiger charge is 2.28. The molecule has 1 saturated carbocycles. The highest BCUT2D eigenvalue weighted by molar-refractivity contribution is 5.84. The predicted molar refractivity (Wildman–Crippen MR) is 82.9 cm³/mol. The first-order chi connectivity index (χ1) is 9.90. The van der Waals surface area contributed by atoms with Gasteiger partial charge >= 0.3 is 0 Å². The second-order valence-corrected chi connectivity index (χ2v) is 6.44. The molecule has 4 rings (SSSR count). The first-order valence-electron chi connectivity index (χ1n) is 7.96. The molecule has 1 saturated heterocycles. The summed E-state index contributed by atoms with van der Waals surface area (Å²) in [6, 6.07) is 10.8. The van der Waals surface area contributed by atoms with Crippen molar-refractivity contribution < 1.29 is 0 Å². The first kappa shape index (κ1) is 12.3. The van der Waals surface area contributed by atoms with E-state index in [2.05, 4.69) is 35.2 Å². The van der Waals surface area contributed by atoms with Crippen LogP contribution in [0.25, 0.3) is 10.8 Å². The minimum Gasteiger partial charge on any atom is -0.303 e. The van der Waals surface area contributed by atoms with Crippen molar-refractivity contribution in [2.45, 2.75) is 31.6 Å². The van der Waals surface area contributed by atoms with E-state index in [0.717, 1.165) is 5.92 Å². The summed E-state index contributed by atoms with van der Waals surface area (Å²) in [5.41, 5.74) is 1.33. The number of fused-ring (bicyclic) bond motifs is 1. The van der Waals surface area contributed by atoms with Gasteiger partial charge in [0.25, 0.3) is 0 Å². The number of likely N-dealkylation sites (tertiary alicyclic amines) is 1. The molecule has 2 nitrogen and oxygen atoms in total. The van der Waals surface area contributed by atoms with Gasteiger partial charge < -0.3 is 4.90 Å². The van der Waals surface area contributed by atoms with E-state index in [-0.39, 0.29) is 0 Å². The van der Waals surface area contributed by atoms with Gasteiger partial charge in [0.05, 0.1) is 5.69 Å². The van der Waals surface area contributed by atoms with Gasteiger partial charge in [-0.2, -0.15) is 0 Å². The van der Waals surface area contributed by atoms with E-state index in [4.69, 9.17) is 4.98 Å². The minimum absolute atomic E-state index is 0.650. The Morgan fingerprint density at radius 2 is 1.80 bits per heavy atom. The van der Waals surface area contributed by atoms with Crippen LogP contribution in [0.1, 0.15) is 37.3 Å². The van der Waals surface area contributed by atoms with E-state index in [0.29, 0.717) is 5.92 Å². The van der Waals surface area contributed by atoms with E-state index in [1.54, 1.807) is 0 Å². The third kappa shape index (κ3) is 2.45. The number of nitrogens with zero attached hydrogens (tertiary/aromatic N) is 2. The van der Waals surface area contributed by atoms with Gasteiger partial charge in [-0.15, -0.1) is 0 Å². The summed E-state index contributed by atoms with van der Waals surface area (Å²) in [6.07, 6.45) is 7.45. The summed E-state index contributed by atoms with van der Waals surface area (Å²) >= 11 is 0. The molecule has 1 aliphatic heterocycles. The third-order valence-electron chi connectivity index (χ3n) is 4.89. The molecule has 1 aliphatic carbocycles. The minimum atomic E-state index is 0.650. The van der Waals surface area contributed by atoms with Crippen molar-refractivity contribution in [2.24, 2.45) is 5.92 Å². The number of hydrogen-bond acceptors (Lipinski definition) is 2. The lowest BCUT2D eigenvalue weighted by Crippen LogP contribution is -2.34. The Morgan fingerprint density at radius 3 is 2.60 bits per heavy atom. The van der Waals surface area contributed by atoms with Gasteiger partial charge in [-0.05, 0) is 56.1 Å². The maximum atomic E-state index is 4.71. The largest absolute Gasteiger partial charge is 0.303 e. The molecule has 1 aromatic heterocycles. The van der Waals surface area contributed by atoms with Crippen molar-refractivity contribution in [1.29, 1.82) is 0 Å². The Labute approximate surface area is 120 Å². The van der Waals surface area contributed by atoms with Gasteiger partial charge in [0.1, 0.15) is 0 Å². The van der Waals surface area contributed by atoms with Crippen LogP contribution in [0.3, 0.4) is 0 Å². The van der Waals surface area contributed by atoms with Crippen molar-refractivity contribution >= 4 is 10.8 Å². The number of hydrogen-bond donors (Lipinski definition) is 0. The zero-order valence-corrected chi connectivity index (χ0v) is 12.0. The number of pyridine rings is 1. The number of aromatic nitrogens is 1. The van der Waals surface area contributed by atoms with Crippen molar-refractivity contribution in [3.05, 3.63) is 42.2 Å². The molecule has 2 aliphatic rings. The molecule has 0 N–H and O–H groups in total. The molecule has 20 heavy (non-hydrogen) atoms. The summed E-state index contributed by atoms with van der Waals surface area (Å²) in [7, 11) is 0. The van der Waals surface area contributed by atoms with Crippen LogP contribution in [0.4, 0.5) is 0 Å². The van der Waals surface area contributed by atoms with Crippen molar-refractivity contribution in [3.8, 4) is 0 Å². The molecule has 0 atom stereocenters. The molecule has 2 heterocycles. The second kappa shape index (κ2) is 5.17. The number of rotatable bonds is 3. The smallest absolute Gasteiger partial charge is 0.0513 e. The molecular formula is C18H22N2. The first-order valence-corrected chi connectivity index (χ1v) is 7.96. The van der Waals surface area contributed by atoms with Gasteiger partial charge in [-0.25, -0.2) is 0 Å². The van der Waals surface area contributed by atoms with E-state index in [9.17, 15) is 0 Å². The zero-order chi connectivity index (χ0) is 13.4. The lowest BCUT2D eigenvalue weighted by molar-refractivity contribution is 0.204. The summed E-state index contributed by atoms with van der Waals surface area (Å²) in [5, 5.41) is 2.69. The molecule has 104 valence electrons. The molecule has 0 spiro atoms. The average Bonchev–Trinajstić information content (AvgIpc) is 3.32. The molecule has 0 unspecified atom stereocenters. The Hall–Kier alpha value is -1.41. The molecule has 2 fully saturated rings. The normalized spacial score (nSPS) is 21.4. The van der Waals surface area contributed by atoms with Crippen LogP contribution in [-0.2, 0) is 0 Å². The Kier molecular flexibility index (Phi) is 3.19. The fourth-order valence-corrected chi connectivity index (χ4v) is 3.52. The Bertz CT molecular complexity index is 590. The highest BCUT2D eigenvalue weighted by Crippen LogP contribution is 2.34. The summed E-state index contributed by atoms with van der Waals surface area (Å²) in [6.45, 7) is 3.85. The van der Waals surface area contributed by atoms with E-state index in [1.165, 1.54) is 61.8 Å². The van der Waals surface area contributed by atoms with Gasteiger partial charge in [0.15, 0.2) is 0 Å². The van der Waals surface area contributed by atoms with Crippen LogP contribution < -0.4 is 0 Å². The van der Waals surface area contributed by atoms with E-state index < -0.39 is 0 Å². The Morgan fingerprint density at radius 1 is 1.00 bits per heavy atom. The SMILES string of the molecule is c1ccc2c(C3CCN(CC4CC4)CC3)nccc2c1. The molecule has 0 radical (unpaired) electrons. The van der Waals surface area contributed by atoms with Crippen LogP contribution in [0.5, 0.6) is 0 Å². The highest BCUT2D eigenvalue weighted by atomic mass is 15.1. The van der Waals surface area contributed by atoms with Crippen molar-refractivity contribution in [3.63, 3.8) is 0 Å². The standard InChI is InChI=1S/C18H22N2/c1-2-4-17-15(3-1)7-10-19-18(17)16-8-11-20(12-9-16)13-14-5-6-14/h1-4,7,10,14,16H,5-6,8-9,11-13H2. The topological polar surface area (TPSA) is 16.1 Å². The van der Waals surface area contributed by atoms with Crippen LogP contribution in [0.15, 0.2) is 36.5 Å². The van der Waals surface area contributed by atoms with Crippen LogP contribution in [0, 0.1) is 5.92 Å². The predicted octanol–water partition coefficient (Wildman–Crippen LogP) is 3.82. The fraction of sp³-hybridized carbons (Fsp3) is 0.500. The van der Waals surface area contributed by atoms with Crippen LogP contribution >= 0.6 is 0 Å². The number of piperidine rings is 1. The molecule has 1 aromatic carbocycles. The van der Waals surface area contributed by atoms with Gasteiger partial charge in [0.2, 0.25) is 0 Å². The maximum absolute atomic E-state index is 4.71. The Balaban J connectivity index is 1.52. The maximum Gasteiger partial charge on any atom is 0.0513 e. The molecular weight excluding hydrogens is 244 g/mol. The lowest BCUT2D eigenvalue weighted by Gasteiger charge is -2.32. The van der Waals surface area contributed by atoms with Gasteiger partial charge in [-0.3, -0.25) is 4.98 Å². The van der Waals surface area contributed by atoms with E-state index in [1.807, 2.05) is 6.20 Å². The summed E-state index contributed by atoms with van der Waals surface area (Å²) < 4.78 is 0. The van der Waals surface area contributed by atoms with Gasteiger partial charge in [0, 0.05) is 24.0 Å². The average molecular weight is 266 g/mol. The fourth-order valence-electron chi connectivity index (χ4n) is 3.52. The quantitative estimate of drug-likeness (QED) is 0.839. The lowest BCUT2D eigenvalue weighted by atomic mass is 9.90. The third-order valence-corrected chi connectivity index (χ3v) is 4.89. The van der Waals surface area contributed by atoms with Crippen LogP contribution in [-0.4, -0.2) is 29.5 Å². The van der Waals surface area contributed by atoms with Gasteiger partial charge in [-0.1, -0.05) is 24.3 Å². The monoisotopic (exact) mass is 266 g/mol. The van der Waals surface area contributed by atoms with Crippen molar-refractivity contribution in [2.75, 3.05) is 19.6 Å². The molecule has 2 aromatic rings. The molecule has 0 amide bonds.